The molecular formula is C26H25ClN4O2S. The van der Waals surface area contributed by atoms with Crippen LogP contribution in [0.25, 0.3) is 5.69 Å². The summed E-state index contributed by atoms with van der Waals surface area (Å²) in [6.07, 6.45) is 0.357. The third kappa shape index (κ3) is 6.18. The Morgan fingerprint density at radius 3 is 2.53 bits per heavy atom. The lowest BCUT2D eigenvalue weighted by atomic mass is 10.1. The molecule has 0 unspecified atom stereocenters. The molecule has 1 heterocycles. The largest absolute Gasteiger partial charge is 0.486 e. The molecule has 0 aliphatic heterocycles. The van der Waals surface area contributed by atoms with Crippen molar-refractivity contribution in [3.63, 3.8) is 0 Å². The van der Waals surface area contributed by atoms with E-state index in [4.69, 9.17) is 16.3 Å². The number of hydrogen-bond donors (Lipinski definition) is 1. The zero-order chi connectivity index (χ0) is 23.9. The molecule has 174 valence electrons. The number of rotatable bonds is 9. The number of aromatic nitrogens is 3. The summed E-state index contributed by atoms with van der Waals surface area (Å²) < 4.78 is 7.86. The van der Waals surface area contributed by atoms with E-state index in [2.05, 4.69) is 21.6 Å². The molecule has 0 saturated heterocycles. The van der Waals surface area contributed by atoms with Gasteiger partial charge in [-0.2, -0.15) is 0 Å². The van der Waals surface area contributed by atoms with E-state index in [0.717, 1.165) is 16.9 Å². The standard InChI is InChI=1S/C26H25ClN4O2S/c1-18-8-13-23(19(2)16-18)28-25(32)14-15-34-26-30-29-24(31(26)21-6-4-3-5-7-21)17-33-22-11-9-20(27)10-12-22/h3-13,16H,14-15,17H2,1-2H3,(H,28,32). The van der Waals surface area contributed by atoms with Crippen molar-refractivity contribution < 1.29 is 9.53 Å². The molecule has 0 aliphatic carbocycles. The van der Waals surface area contributed by atoms with Crippen molar-refractivity contribution >= 4 is 35.0 Å². The second-order valence-electron chi connectivity index (χ2n) is 7.78. The summed E-state index contributed by atoms with van der Waals surface area (Å²) in [5.74, 6) is 1.91. The Bertz CT molecular complexity index is 1260. The highest BCUT2D eigenvalue weighted by Crippen LogP contribution is 2.24. The third-order valence-corrected chi connectivity index (χ3v) is 6.30. The number of benzene rings is 3. The van der Waals surface area contributed by atoms with Gasteiger partial charge in [0.15, 0.2) is 11.0 Å². The fourth-order valence-electron chi connectivity index (χ4n) is 3.40. The van der Waals surface area contributed by atoms with Gasteiger partial charge >= 0.3 is 0 Å². The van der Waals surface area contributed by atoms with Crippen LogP contribution in [0.3, 0.4) is 0 Å². The van der Waals surface area contributed by atoms with Crippen molar-refractivity contribution in [1.29, 1.82) is 0 Å². The molecule has 6 nitrogen and oxygen atoms in total. The summed E-state index contributed by atoms with van der Waals surface area (Å²) in [5.41, 5.74) is 4.00. The van der Waals surface area contributed by atoms with Crippen molar-refractivity contribution in [2.45, 2.75) is 32.0 Å². The maximum Gasteiger partial charge on any atom is 0.225 e. The first-order chi connectivity index (χ1) is 16.5. The van der Waals surface area contributed by atoms with Gasteiger partial charge in [0.2, 0.25) is 5.91 Å². The van der Waals surface area contributed by atoms with E-state index in [1.165, 1.54) is 17.3 Å². The molecule has 0 bridgehead atoms. The number of carbonyl (C=O) groups excluding carboxylic acids is 1. The summed E-state index contributed by atoms with van der Waals surface area (Å²) in [7, 11) is 0. The van der Waals surface area contributed by atoms with Gasteiger partial charge in [-0.05, 0) is 61.9 Å². The summed E-state index contributed by atoms with van der Waals surface area (Å²) in [5, 5.41) is 13.1. The van der Waals surface area contributed by atoms with Crippen LogP contribution in [-0.4, -0.2) is 26.4 Å². The van der Waals surface area contributed by atoms with E-state index in [1.807, 2.05) is 73.0 Å². The lowest BCUT2D eigenvalue weighted by molar-refractivity contribution is -0.115. The number of carbonyl (C=O) groups is 1. The minimum atomic E-state index is -0.0310. The van der Waals surface area contributed by atoms with Gasteiger partial charge in [-0.3, -0.25) is 9.36 Å². The highest BCUT2D eigenvalue weighted by atomic mass is 35.5. The van der Waals surface area contributed by atoms with Crippen LogP contribution in [0.1, 0.15) is 23.4 Å². The van der Waals surface area contributed by atoms with E-state index in [-0.39, 0.29) is 12.5 Å². The van der Waals surface area contributed by atoms with Crippen LogP contribution in [0.5, 0.6) is 5.75 Å². The van der Waals surface area contributed by atoms with E-state index in [9.17, 15) is 4.79 Å². The summed E-state index contributed by atoms with van der Waals surface area (Å²) in [6, 6.07) is 23.1. The number of ether oxygens (including phenoxy) is 1. The lowest BCUT2D eigenvalue weighted by Gasteiger charge is -2.11. The van der Waals surface area contributed by atoms with Crippen LogP contribution in [0.15, 0.2) is 78.0 Å². The molecule has 1 amide bonds. The topological polar surface area (TPSA) is 69.0 Å². The molecule has 1 aromatic heterocycles. The minimum Gasteiger partial charge on any atom is -0.486 e. The normalized spacial score (nSPS) is 10.8. The Morgan fingerprint density at radius 2 is 1.79 bits per heavy atom. The predicted molar refractivity (Wildman–Crippen MR) is 137 cm³/mol. The predicted octanol–water partition coefficient (Wildman–Crippen LogP) is 6.24. The van der Waals surface area contributed by atoms with Crippen LogP contribution < -0.4 is 10.1 Å². The van der Waals surface area contributed by atoms with Gasteiger partial charge in [0, 0.05) is 28.6 Å². The number of hydrogen-bond acceptors (Lipinski definition) is 5. The number of halogens is 1. The molecule has 0 radical (unpaired) electrons. The molecule has 4 aromatic rings. The first kappa shape index (κ1) is 23.9. The van der Waals surface area contributed by atoms with Gasteiger partial charge in [0.05, 0.1) is 0 Å². The molecule has 8 heteroatoms. The van der Waals surface area contributed by atoms with Crippen molar-refractivity contribution in [3.05, 3.63) is 94.8 Å². The molecule has 0 aliphatic rings. The van der Waals surface area contributed by atoms with Gasteiger partial charge in [0.25, 0.3) is 0 Å². The molecule has 1 N–H and O–H groups in total. The van der Waals surface area contributed by atoms with Gasteiger partial charge in [-0.25, -0.2) is 0 Å². The smallest absolute Gasteiger partial charge is 0.225 e. The van der Waals surface area contributed by atoms with Crippen molar-refractivity contribution in [2.24, 2.45) is 0 Å². The van der Waals surface area contributed by atoms with Crippen molar-refractivity contribution in [2.75, 3.05) is 11.1 Å². The van der Waals surface area contributed by atoms with Crippen LogP contribution in [0.2, 0.25) is 5.02 Å². The maximum atomic E-state index is 12.5. The number of amides is 1. The Labute approximate surface area is 208 Å². The monoisotopic (exact) mass is 492 g/mol. The average Bonchev–Trinajstić information content (AvgIpc) is 3.24. The summed E-state index contributed by atoms with van der Waals surface area (Å²) >= 11 is 7.44. The second kappa shape index (κ2) is 11.2. The number of nitrogens with zero attached hydrogens (tertiary/aromatic N) is 3. The zero-order valence-electron chi connectivity index (χ0n) is 19.0. The van der Waals surface area contributed by atoms with Crippen molar-refractivity contribution in [3.8, 4) is 11.4 Å². The first-order valence-electron chi connectivity index (χ1n) is 10.9. The highest BCUT2D eigenvalue weighted by Gasteiger charge is 2.16. The third-order valence-electron chi connectivity index (χ3n) is 5.11. The Kier molecular flexibility index (Phi) is 7.87. The molecule has 34 heavy (non-hydrogen) atoms. The lowest BCUT2D eigenvalue weighted by Crippen LogP contribution is -2.13. The molecule has 0 fully saturated rings. The van der Waals surface area contributed by atoms with Gasteiger partial charge in [-0.1, -0.05) is 59.3 Å². The molecule has 0 spiro atoms. The molecule has 4 rings (SSSR count). The van der Waals surface area contributed by atoms with Gasteiger partial charge in [0.1, 0.15) is 12.4 Å². The first-order valence-corrected chi connectivity index (χ1v) is 12.2. The Morgan fingerprint density at radius 1 is 1.03 bits per heavy atom. The number of anilines is 1. The van der Waals surface area contributed by atoms with Crippen LogP contribution in [-0.2, 0) is 11.4 Å². The van der Waals surface area contributed by atoms with E-state index >= 15 is 0 Å². The van der Waals surface area contributed by atoms with E-state index in [1.54, 1.807) is 12.1 Å². The number of nitrogens with one attached hydrogen (secondary N) is 1. The number of thioether (sulfide) groups is 1. The highest BCUT2D eigenvalue weighted by molar-refractivity contribution is 7.99. The van der Waals surface area contributed by atoms with Crippen LogP contribution >= 0.6 is 23.4 Å². The van der Waals surface area contributed by atoms with Crippen LogP contribution in [0.4, 0.5) is 5.69 Å². The van der Waals surface area contributed by atoms with Crippen molar-refractivity contribution in [1.82, 2.24) is 14.8 Å². The van der Waals surface area contributed by atoms with E-state index < -0.39 is 0 Å². The van der Waals surface area contributed by atoms with Gasteiger partial charge < -0.3 is 10.1 Å². The fraction of sp³-hybridized carbons (Fsp3) is 0.192. The molecule has 3 aromatic carbocycles. The molecular weight excluding hydrogens is 468 g/mol. The number of aryl methyl sites for hydroxylation is 2. The second-order valence-corrected chi connectivity index (χ2v) is 9.28. The average molecular weight is 493 g/mol. The quantitative estimate of drug-likeness (QED) is 0.280. The maximum absolute atomic E-state index is 12.5. The SMILES string of the molecule is Cc1ccc(NC(=O)CCSc2nnc(COc3ccc(Cl)cc3)n2-c2ccccc2)c(C)c1. The summed E-state index contributed by atoms with van der Waals surface area (Å²) in [4.78, 5) is 12.5. The zero-order valence-corrected chi connectivity index (χ0v) is 20.6. The summed E-state index contributed by atoms with van der Waals surface area (Å²) in [6.45, 7) is 4.28. The molecule has 0 atom stereocenters. The van der Waals surface area contributed by atoms with Gasteiger partial charge in [-0.15, -0.1) is 10.2 Å². The molecule has 0 saturated carbocycles. The Hall–Kier alpha value is -3.29. The van der Waals surface area contributed by atoms with Crippen LogP contribution in [0, 0.1) is 13.8 Å². The Balaban J connectivity index is 1.42. The van der Waals surface area contributed by atoms with E-state index in [0.29, 0.717) is 33.9 Å². The number of para-hydroxylation sites is 1. The minimum absolute atomic E-state index is 0.0310. The fourth-order valence-corrected chi connectivity index (χ4v) is 4.44.